The van der Waals surface area contributed by atoms with E-state index in [0.29, 0.717) is 16.0 Å². The van der Waals surface area contributed by atoms with E-state index in [1.165, 1.54) is 29.8 Å². The van der Waals surface area contributed by atoms with Crippen LogP contribution >= 0.6 is 11.8 Å². The number of halogens is 3. The van der Waals surface area contributed by atoms with Gasteiger partial charge in [0.05, 0.1) is 35.7 Å². The van der Waals surface area contributed by atoms with Crippen molar-refractivity contribution in [3.05, 3.63) is 59.2 Å². The summed E-state index contributed by atoms with van der Waals surface area (Å²) in [5.74, 6) is -0.805. The molecule has 1 atom stereocenters. The van der Waals surface area contributed by atoms with Crippen LogP contribution in [0.15, 0.2) is 47.4 Å². The number of fused-ring (bicyclic) bond motifs is 1. The van der Waals surface area contributed by atoms with Crippen LogP contribution in [0.1, 0.15) is 28.4 Å². The highest BCUT2D eigenvalue weighted by Gasteiger charge is 2.35. The van der Waals surface area contributed by atoms with Crippen molar-refractivity contribution in [3.63, 3.8) is 0 Å². The number of carbonyl (C=O) groups excluding carboxylic acids is 2. The molecule has 3 rings (SSSR count). The summed E-state index contributed by atoms with van der Waals surface area (Å²) in [6.45, 7) is 1.77. The van der Waals surface area contributed by atoms with Crippen molar-refractivity contribution in [3.8, 4) is 0 Å². The highest BCUT2D eigenvalue weighted by molar-refractivity contribution is 8.00. The molecule has 0 saturated heterocycles. The lowest BCUT2D eigenvalue weighted by molar-refractivity contribution is -0.137. The molecule has 1 aliphatic heterocycles. The molecule has 0 saturated carbocycles. The number of hydrogen-bond acceptors (Lipinski definition) is 4. The summed E-state index contributed by atoms with van der Waals surface area (Å²) in [6, 6.07) is 9.89. The molecule has 27 heavy (non-hydrogen) atoms. The zero-order valence-corrected chi connectivity index (χ0v) is 15.4. The fourth-order valence-electron chi connectivity index (χ4n) is 2.84. The van der Waals surface area contributed by atoms with Gasteiger partial charge >= 0.3 is 12.1 Å². The van der Waals surface area contributed by atoms with Gasteiger partial charge in [0, 0.05) is 4.90 Å². The highest BCUT2D eigenvalue weighted by atomic mass is 32.2. The number of hydrogen-bond donors (Lipinski definition) is 0. The van der Waals surface area contributed by atoms with Gasteiger partial charge in [0.2, 0.25) is 5.91 Å². The maximum Gasteiger partial charge on any atom is 0.416 e. The number of amides is 1. The van der Waals surface area contributed by atoms with E-state index in [1.807, 2.05) is 0 Å². The number of nitrogens with zero attached hydrogens (tertiary/aromatic N) is 1. The molecular weight excluding hydrogens is 379 g/mol. The van der Waals surface area contributed by atoms with Gasteiger partial charge in [-0.1, -0.05) is 12.1 Å². The number of carbonyl (C=O) groups is 2. The first-order chi connectivity index (χ1) is 12.7. The molecule has 1 amide bonds. The summed E-state index contributed by atoms with van der Waals surface area (Å²) >= 11 is 1.23. The molecule has 1 heterocycles. The average molecular weight is 395 g/mol. The van der Waals surface area contributed by atoms with Gasteiger partial charge < -0.3 is 9.64 Å². The van der Waals surface area contributed by atoms with Gasteiger partial charge in [0.25, 0.3) is 0 Å². The molecule has 0 radical (unpaired) electrons. The van der Waals surface area contributed by atoms with E-state index in [4.69, 9.17) is 0 Å². The lowest BCUT2D eigenvalue weighted by atomic mass is 10.1. The lowest BCUT2D eigenvalue weighted by Gasteiger charge is -2.33. The number of thioether (sulfide) groups is 1. The Morgan fingerprint density at radius 3 is 2.63 bits per heavy atom. The van der Waals surface area contributed by atoms with Crippen molar-refractivity contribution in [1.82, 2.24) is 0 Å². The van der Waals surface area contributed by atoms with Gasteiger partial charge in [-0.2, -0.15) is 13.2 Å². The SMILES string of the molecule is COC(=O)c1cccc(CN2C(=O)C(C)Sc3ccc(C(F)(F)F)cc32)c1. The first-order valence-electron chi connectivity index (χ1n) is 8.07. The van der Waals surface area contributed by atoms with E-state index < -0.39 is 23.0 Å². The molecule has 142 valence electrons. The summed E-state index contributed by atoms with van der Waals surface area (Å²) < 4.78 is 44.0. The van der Waals surface area contributed by atoms with Crippen LogP contribution in [0, 0.1) is 0 Å². The van der Waals surface area contributed by atoms with Gasteiger partial charge in [-0.15, -0.1) is 11.8 Å². The lowest BCUT2D eigenvalue weighted by Crippen LogP contribution is -2.39. The number of anilines is 1. The maximum absolute atomic E-state index is 13.1. The Morgan fingerprint density at radius 2 is 1.96 bits per heavy atom. The van der Waals surface area contributed by atoms with Crippen LogP contribution in [0.3, 0.4) is 0 Å². The van der Waals surface area contributed by atoms with Crippen molar-refractivity contribution in [2.45, 2.75) is 29.8 Å². The van der Waals surface area contributed by atoms with Crippen molar-refractivity contribution in [1.29, 1.82) is 0 Å². The smallest absolute Gasteiger partial charge is 0.416 e. The number of alkyl halides is 3. The van der Waals surface area contributed by atoms with Crippen molar-refractivity contribution < 1.29 is 27.5 Å². The van der Waals surface area contributed by atoms with E-state index in [-0.39, 0.29) is 18.1 Å². The topological polar surface area (TPSA) is 46.6 Å². The zero-order valence-electron chi connectivity index (χ0n) is 14.5. The predicted molar refractivity (Wildman–Crippen MR) is 95.7 cm³/mol. The molecule has 2 aromatic rings. The monoisotopic (exact) mass is 395 g/mol. The zero-order chi connectivity index (χ0) is 19.8. The quantitative estimate of drug-likeness (QED) is 0.717. The molecule has 0 aliphatic carbocycles. The third-order valence-corrected chi connectivity index (χ3v) is 5.34. The van der Waals surface area contributed by atoms with Crippen LogP contribution in [-0.4, -0.2) is 24.2 Å². The van der Waals surface area contributed by atoms with Crippen LogP contribution < -0.4 is 4.90 Å². The van der Waals surface area contributed by atoms with Crippen LogP contribution in [0.25, 0.3) is 0 Å². The molecule has 1 unspecified atom stereocenters. The maximum atomic E-state index is 13.1. The van der Waals surface area contributed by atoms with Crippen molar-refractivity contribution in [2.24, 2.45) is 0 Å². The molecule has 0 fully saturated rings. The average Bonchev–Trinajstić information content (AvgIpc) is 2.64. The van der Waals surface area contributed by atoms with Crippen LogP contribution in [-0.2, 0) is 22.3 Å². The number of benzene rings is 2. The van der Waals surface area contributed by atoms with Crippen LogP contribution in [0.5, 0.6) is 0 Å². The second-order valence-electron chi connectivity index (χ2n) is 6.06. The molecule has 0 aromatic heterocycles. The Hall–Kier alpha value is -2.48. The van der Waals surface area contributed by atoms with E-state index >= 15 is 0 Å². The summed E-state index contributed by atoms with van der Waals surface area (Å²) in [4.78, 5) is 26.3. The summed E-state index contributed by atoms with van der Waals surface area (Å²) in [6.07, 6.45) is -4.50. The third kappa shape index (κ3) is 3.95. The second-order valence-corrected chi connectivity index (χ2v) is 7.44. The molecular formula is C19H16F3NO3S. The molecule has 0 N–H and O–H groups in total. The first-order valence-corrected chi connectivity index (χ1v) is 8.95. The third-order valence-electron chi connectivity index (χ3n) is 4.18. The largest absolute Gasteiger partial charge is 0.465 e. The van der Waals surface area contributed by atoms with Crippen LogP contribution in [0.2, 0.25) is 0 Å². The van der Waals surface area contributed by atoms with E-state index in [1.54, 1.807) is 31.2 Å². The Balaban J connectivity index is 2.00. The summed E-state index contributed by atoms with van der Waals surface area (Å²) in [5, 5.41) is -0.418. The number of ether oxygens (including phenoxy) is 1. The van der Waals surface area contributed by atoms with E-state index in [0.717, 1.165) is 12.1 Å². The molecule has 1 aliphatic rings. The molecule has 0 spiro atoms. The Kier molecular flexibility index (Phi) is 5.19. The van der Waals surface area contributed by atoms with Gasteiger partial charge in [-0.05, 0) is 42.8 Å². The molecule has 4 nitrogen and oxygen atoms in total. The van der Waals surface area contributed by atoms with Crippen LogP contribution in [0.4, 0.5) is 18.9 Å². The minimum Gasteiger partial charge on any atom is -0.465 e. The minimum absolute atomic E-state index is 0.0584. The predicted octanol–water partition coefficient (Wildman–Crippen LogP) is 4.52. The summed E-state index contributed by atoms with van der Waals surface area (Å²) in [7, 11) is 1.26. The van der Waals surface area contributed by atoms with Gasteiger partial charge in [-0.25, -0.2) is 4.79 Å². The highest BCUT2D eigenvalue weighted by Crippen LogP contribution is 2.43. The first kappa shape index (κ1) is 19.3. The standard InChI is InChI=1S/C19H16F3NO3S/c1-11-17(24)23(10-12-4-3-5-13(8-12)18(25)26-2)15-9-14(19(20,21)22)6-7-16(15)27-11/h3-9,11H,10H2,1-2H3. The number of methoxy groups -OCH3 is 1. The molecule has 8 heteroatoms. The molecule has 0 bridgehead atoms. The number of esters is 1. The second kappa shape index (κ2) is 7.26. The molecule has 2 aromatic carbocycles. The summed E-state index contributed by atoms with van der Waals surface area (Å²) in [5.41, 5.74) is 0.346. The van der Waals surface area contributed by atoms with Crippen molar-refractivity contribution >= 4 is 29.3 Å². The fraction of sp³-hybridized carbons (Fsp3) is 0.263. The Morgan fingerprint density at radius 1 is 1.22 bits per heavy atom. The normalized spacial score (nSPS) is 16.9. The fourth-order valence-corrected chi connectivity index (χ4v) is 3.89. The van der Waals surface area contributed by atoms with E-state index in [2.05, 4.69) is 4.74 Å². The number of rotatable bonds is 3. The van der Waals surface area contributed by atoms with Gasteiger partial charge in [0.15, 0.2) is 0 Å². The van der Waals surface area contributed by atoms with Gasteiger partial charge in [-0.3, -0.25) is 4.79 Å². The Labute approximate surface area is 158 Å². The van der Waals surface area contributed by atoms with E-state index in [9.17, 15) is 22.8 Å². The Bertz CT molecular complexity index is 898. The van der Waals surface area contributed by atoms with Gasteiger partial charge in [0.1, 0.15) is 0 Å². The van der Waals surface area contributed by atoms with Crippen molar-refractivity contribution in [2.75, 3.05) is 12.0 Å². The minimum atomic E-state index is -4.50.